The van der Waals surface area contributed by atoms with Crippen LogP contribution in [0.2, 0.25) is 0 Å². The standard InChI is InChI=1S/C13H24N4O/c1-10(2)17-13(15-9-16-17)7-14-12-6-4-3-5-11(12)8-18/h9-12,14,18H,3-8H2,1-2H3. The predicted octanol–water partition coefficient (Wildman–Crippen LogP) is 1.50. The fourth-order valence-electron chi connectivity index (χ4n) is 2.75. The number of aromatic nitrogens is 3. The Hall–Kier alpha value is -0.940. The second kappa shape index (κ2) is 6.29. The summed E-state index contributed by atoms with van der Waals surface area (Å²) in [7, 11) is 0. The van der Waals surface area contributed by atoms with Gasteiger partial charge in [0.2, 0.25) is 0 Å². The highest BCUT2D eigenvalue weighted by molar-refractivity contribution is 4.89. The zero-order valence-electron chi connectivity index (χ0n) is 11.3. The Morgan fingerprint density at radius 2 is 2.22 bits per heavy atom. The summed E-state index contributed by atoms with van der Waals surface area (Å²) in [6.07, 6.45) is 6.39. The zero-order chi connectivity index (χ0) is 13.0. The molecule has 1 aliphatic rings. The molecule has 0 amide bonds. The number of aliphatic hydroxyl groups excluding tert-OH is 1. The maximum Gasteiger partial charge on any atom is 0.141 e. The molecular formula is C13H24N4O. The number of hydrogen-bond donors (Lipinski definition) is 2. The monoisotopic (exact) mass is 252 g/mol. The molecule has 1 saturated carbocycles. The molecule has 1 aliphatic carbocycles. The Balaban J connectivity index is 1.91. The summed E-state index contributed by atoms with van der Waals surface area (Å²) < 4.78 is 1.95. The van der Waals surface area contributed by atoms with E-state index in [1.54, 1.807) is 6.33 Å². The average molecular weight is 252 g/mol. The first-order chi connectivity index (χ1) is 8.72. The molecule has 5 heteroatoms. The Labute approximate surface area is 109 Å². The van der Waals surface area contributed by atoms with Gasteiger partial charge in [-0.1, -0.05) is 12.8 Å². The van der Waals surface area contributed by atoms with Crippen molar-refractivity contribution >= 4 is 0 Å². The molecule has 0 radical (unpaired) electrons. The van der Waals surface area contributed by atoms with Crippen LogP contribution in [-0.2, 0) is 6.54 Å². The van der Waals surface area contributed by atoms with E-state index in [0.29, 0.717) is 18.0 Å². The van der Waals surface area contributed by atoms with E-state index in [0.717, 1.165) is 25.2 Å². The first kappa shape index (κ1) is 13.5. The molecule has 1 fully saturated rings. The lowest BCUT2D eigenvalue weighted by Gasteiger charge is -2.31. The van der Waals surface area contributed by atoms with Gasteiger partial charge in [-0.2, -0.15) is 5.10 Å². The minimum atomic E-state index is 0.286. The minimum absolute atomic E-state index is 0.286. The van der Waals surface area contributed by atoms with E-state index >= 15 is 0 Å². The molecule has 0 bridgehead atoms. The molecule has 102 valence electrons. The van der Waals surface area contributed by atoms with Gasteiger partial charge >= 0.3 is 0 Å². The SMILES string of the molecule is CC(C)n1ncnc1CNC1CCCCC1CO. The van der Waals surface area contributed by atoms with Crippen LogP contribution in [0.1, 0.15) is 51.4 Å². The summed E-state index contributed by atoms with van der Waals surface area (Å²) in [5.41, 5.74) is 0. The molecule has 18 heavy (non-hydrogen) atoms. The Kier molecular flexibility index (Phi) is 4.72. The summed E-state index contributed by atoms with van der Waals surface area (Å²) in [4.78, 5) is 4.30. The van der Waals surface area contributed by atoms with Crippen LogP contribution in [0.25, 0.3) is 0 Å². The number of rotatable bonds is 5. The van der Waals surface area contributed by atoms with Crippen molar-refractivity contribution in [3.8, 4) is 0 Å². The van der Waals surface area contributed by atoms with Gasteiger partial charge in [-0.15, -0.1) is 0 Å². The van der Waals surface area contributed by atoms with Crippen LogP contribution in [0.3, 0.4) is 0 Å². The smallest absolute Gasteiger partial charge is 0.141 e. The van der Waals surface area contributed by atoms with E-state index in [4.69, 9.17) is 0 Å². The second-order valence-electron chi connectivity index (χ2n) is 5.43. The second-order valence-corrected chi connectivity index (χ2v) is 5.43. The fourth-order valence-corrected chi connectivity index (χ4v) is 2.75. The van der Waals surface area contributed by atoms with Crippen LogP contribution in [0.5, 0.6) is 0 Å². The largest absolute Gasteiger partial charge is 0.396 e. The van der Waals surface area contributed by atoms with Crippen molar-refractivity contribution in [2.75, 3.05) is 6.61 Å². The van der Waals surface area contributed by atoms with E-state index in [2.05, 4.69) is 29.2 Å². The molecule has 1 aromatic rings. The van der Waals surface area contributed by atoms with Gasteiger partial charge < -0.3 is 10.4 Å². The van der Waals surface area contributed by atoms with Gasteiger partial charge in [-0.25, -0.2) is 9.67 Å². The lowest BCUT2D eigenvalue weighted by Crippen LogP contribution is -2.40. The van der Waals surface area contributed by atoms with Crippen LogP contribution in [0.15, 0.2) is 6.33 Å². The first-order valence-electron chi connectivity index (χ1n) is 6.95. The van der Waals surface area contributed by atoms with Crippen molar-refractivity contribution in [3.63, 3.8) is 0 Å². The summed E-state index contributed by atoms with van der Waals surface area (Å²) in [6, 6.07) is 0.755. The van der Waals surface area contributed by atoms with Crippen LogP contribution < -0.4 is 5.32 Å². The quantitative estimate of drug-likeness (QED) is 0.833. The highest BCUT2D eigenvalue weighted by Gasteiger charge is 2.24. The normalized spacial score (nSPS) is 24.7. The Bertz CT molecular complexity index is 364. The molecule has 0 aliphatic heterocycles. The zero-order valence-corrected chi connectivity index (χ0v) is 11.3. The summed E-state index contributed by atoms with van der Waals surface area (Å²) in [6.45, 7) is 5.23. The van der Waals surface area contributed by atoms with Gasteiger partial charge in [-0.05, 0) is 32.6 Å². The van der Waals surface area contributed by atoms with Gasteiger partial charge in [-0.3, -0.25) is 0 Å². The average Bonchev–Trinajstić information content (AvgIpc) is 2.85. The summed E-state index contributed by atoms with van der Waals surface area (Å²) in [5, 5.41) is 17.2. The topological polar surface area (TPSA) is 63.0 Å². The number of hydrogen-bond acceptors (Lipinski definition) is 4. The van der Waals surface area contributed by atoms with E-state index in [9.17, 15) is 5.11 Å². The predicted molar refractivity (Wildman–Crippen MR) is 70.1 cm³/mol. The lowest BCUT2D eigenvalue weighted by atomic mass is 9.85. The molecular weight excluding hydrogens is 228 g/mol. The van der Waals surface area contributed by atoms with Crippen LogP contribution in [-0.4, -0.2) is 32.5 Å². The van der Waals surface area contributed by atoms with Crippen molar-refractivity contribution in [2.45, 2.75) is 58.2 Å². The molecule has 0 aromatic carbocycles. The molecule has 2 N–H and O–H groups in total. The van der Waals surface area contributed by atoms with Gasteiger partial charge in [0.1, 0.15) is 12.2 Å². The third-order valence-corrected chi connectivity index (χ3v) is 3.80. The molecule has 5 nitrogen and oxygen atoms in total. The van der Waals surface area contributed by atoms with Crippen molar-refractivity contribution < 1.29 is 5.11 Å². The lowest BCUT2D eigenvalue weighted by molar-refractivity contribution is 0.151. The Morgan fingerprint density at radius 3 is 2.94 bits per heavy atom. The Morgan fingerprint density at radius 1 is 1.44 bits per heavy atom. The van der Waals surface area contributed by atoms with E-state index < -0.39 is 0 Å². The van der Waals surface area contributed by atoms with Crippen molar-refractivity contribution in [1.29, 1.82) is 0 Å². The van der Waals surface area contributed by atoms with E-state index in [-0.39, 0.29) is 6.61 Å². The molecule has 2 unspecified atom stereocenters. The number of aliphatic hydroxyl groups is 1. The van der Waals surface area contributed by atoms with Crippen molar-refractivity contribution in [1.82, 2.24) is 20.1 Å². The number of nitrogens with zero attached hydrogens (tertiary/aromatic N) is 3. The van der Waals surface area contributed by atoms with Gasteiger partial charge in [0, 0.05) is 18.7 Å². The minimum Gasteiger partial charge on any atom is -0.396 e. The third kappa shape index (κ3) is 3.09. The van der Waals surface area contributed by atoms with Gasteiger partial charge in [0.15, 0.2) is 0 Å². The van der Waals surface area contributed by atoms with Crippen molar-refractivity contribution in [3.05, 3.63) is 12.2 Å². The van der Waals surface area contributed by atoms with Crippen molar-refractivity contribution in [2.24, 2.45) is 5.92 Å². The summed E-state index contributed by atoms with van der Waals surface area (Å²) >= 11 is 0. The van der Waals surface area contributed by atoms with Crippen LogP contribution in [0.4, 0.5) is 0 Å². The van der Waals surface area contributed by atoms with Gasteiger partial charge in [0.25, 0.3) is 0 Å². The molecule has 2 rings (SSSR count). The van der Waals surface area contributed by atoms with E-state index in [1.807, 2.05) is 4.68 Å². The highest BCUT2D eigenvalue weighted by atomic mass is 16.3. The molecule has 1 aromatic heterocycles. The highest BCUT2D eigenvalue weighted by Crippen LogP contribution is 2.24. The molecule has 0 spiro atoms. The first-order valence-corrected chi connectivity index (χ1v) is 6.95. The molecule has 0 saturated heterocycles. The van der Waals surface area contributed by atoms with Gasteiger partial charge in [0.05, 0.1) is 6.54 Å². The maximum absolute atomic E-state index is 9.39. The molecule has 2 atom stereocenters. The van der Waals surface area contributed by atoms with Crippen LogP contribution in [0, 0.1) is 5.92 Å². The molecule has 1 heterocycles. The number of nitrogens with one attached hydrogen (secondary N) is 1. The van der Waals surface area contributed by atoms with Crippen LogP contribution >= 0.6 is 0 Å². The summed E-state index contributed by atoms with van der Waals surface area (Å²) in [5.74, 6) is 1.38. The maximum atomic E-state index is 9.39. The third-order valence-electron chi connectivity index (χ3n) is 3.80. The van der Waals surface area contributed by atoms with E-state index in [1.165, 1.54) is 12.8 Å². The fraction of sp³-hybridized carbons (Fsp3) is 0.846.